The Kier molecular flexibility index (Phi) is 5.83. The fourth-order valence-corrected chi connectivity index (χ4v) is 1.55. The first kappa shape index (κ1) is 16.6. The van der Waals surface area contributed by atoms with Gasteiger partial charge in [0.05, 0.1) is 25.5 Å². The van der Waals surface area contributed by atoms with E-state index in [1.807, 2.05) is 6.92 Å². The van der Waals surface area contributed by atoms with Crippen LogP contribution in [-0.2, 0) is 9.53 Å². The van der Waals surface area contributed by atoms with Crippen molar-refractivity contribution in [1.82, 2.24) is 4.90 Å². The van der Waals surface area contributed by atoms with Gasteiger partial charge in [-0.1, -0.05) is 0 Å². The third-order valence-corrected chi connectivity index (χ3v) is 3.02. The number of benzene rings is 1. The molecule has 1 amide bonds. The molecule has 0 aliphatic heterocycles. The quantitative estimate of drug-likeness (QED) is 0.620. The van der Waals surface area contributed by atoms with Gasteiger partial charge in [-0.25, -0.2) is 4.79 Å². The van der Waals surface area contributed by atoms with E-state index in [2.05, 4.69) is 0 Å². The highest BCUT2D eigenvalue weighted by atomic mass is 16.5. The summed E-state index contributed by atoms with van der Waals surface area (Å²) in [6.45, 7) is 2.01. The minimum Gasteiger partial charge on any atom is -0.497 e. The Morgan fingerprint density at radius 1 is 1.24 bits per heavy atom. The number of likely N-dealkylation sites (N-methyl/N-ethyl adjacent to an activating group) is 1. The number of nitrogens with zero attached hydrogens (tertiary/aromatic N) is 1. The minimum absolute atomic E-state index is 0.0955. The summed E-state index contributed by atoms with van der Waals surface area (Å²) < 4.78 is 15.1. The predicted molar refractivity (Wildman–Crippen MR) is 77.6 cm³/mol. The second-order valence-corrected chi connectivity index (χ2v) is 4.27. The molecule has 0 radical (unpaired) electrons. The summed E-state index contributed by atoms with van der Waals surface area (Å²) in [4.78, 5) is 25.1. The van der Waals surface area contributed by atoms with Crippen LogP contribution in [0.5, 0.6) is 11.5 Å². The van der Waals surface area contributed by atoms with Crippen molar-refractivity contribution >= 4 is 17.6 Å². The molecule has 21 heavy (non-hydrogen) atoms. The maximum absolute atomic E-state index is 12.0. The highest BCUT2D eigenvalue weighted by Crippen LogP contribution is 2.31. The Morgan fingerprint density at radius 3 is 2.43 bits per heavy atom. The highest BCUT2D eigenvalue weighted by Gasteiger charge is 2.19. The van der Waals surface area contributed by atoms with Crippen LogP contribution in [0.25, 0.3) is 0 Å². The SMILES string of the molecule is CCN(C)C(=O)COC(=O)c1cc(OC)cc(OC)c1N. The van der Waals surface area contributed by atoms with Crippen LogP contribution < -0.4 is 15.2 Å². The van der Waals surface area contributed by atoms with Crippen LogP contribution in [0.1, 0.15) is 17.3 Å². The molecule has 0 aliphatic rings. The van der Waals surface area contributed by atoms with Gasteiger partial charge in [-0.2, -0.15) is 0 Å². The lowest BCUT2D eigenvalue weighted by atomic mass is 10.1. The van der Waals surface area contributed by atoms with E-state index >= 15 is 0 Å². The van der Waals surface area contributed by atoms with Gasteiger partial charge in [0.15, 0.2) is 6.61 Å². The molecule has 1 aromatic carbocycles. The van der Waals surface area contributed by atoms with Crippen LogP contribution in [0, 0.1) is 0 Å². The fraction of sp³-hybridized carbons (Fsp3) is 0.429. The Balaban J connectivity index is 2.89. The zero-order valence-electron chi connectivity index (χ0n) is 12.6. The zero-order chi connectivity index (χ0) is 16.0. The maximum Gasteiger partial charge on any atom is 0.341 e. The first-order valence-electron chi connectivity index (χ1n) is 6.37. The first-order valence-corrected chi connectivity index (χ1v) is 6.37. The molecule has 7 nitrogen and oxygen atoms in total. The van der Waals surface area contributed by atoms with Crippen LogP contribution in [-0.4, -0.2) is 51.2 Å². The van der Waals surface area contributed by atoms with Crippen molar-refractivity contribution in [2.45, 2.75) is 6.92 Å². The molecule has 0 heterocycles. The number of esters is 1. The van der Waals surface area contributed by atoms with Gasteiger partial charge < -0.3 is 24.8 Å². The topological polar surface area (TPSA) is 91.1 Å². The molecular formula is C14H20N2O5. The van der Waals surface area contributed by atoms with E-state index in [9.17, 15) is 9.59 Å². The summed E-state index contributed by atoms with van der Waals surface area (Å²) in [5.74, 6) is -0.287. The molecule has 1 aromatic rings. The van der Waals surface area contributed by atoms with E-state index < -0.39 is 5.97 Å². The zero-order valence-corrected chi connectivity index (χ0v) is 12.6. The monoisotopic (exact) mass is 296 g/mol. The molecule has 7 heteroatoms. The number of ether oxygens (including phenoxy) is 3. The molecule has 0 atom stereocenters. The van der Waals surface area contributed by atoms with E-state index in [1.54, 1.807) is 13.1 Å². The third-order valence-electron chi connectivity index (χ3n) is 3.02. The normalized spacial score (nSPS) is 9.90. The molecule has 116 valence electrons. The number of carbonyl (C=O) groups excluding carboxylic acids is 2. The number of rotatable bonds is 6. The molecule has 2 N–H and O–H groups in total. The van der Waals surface area contributed by atoms with Crippen molar-refractivity contribution in [2.24, 2.45) is 0 Å². The molecule has 0 aromatic heterocycles. The van der Waals surface area contributed by atoms with Gasteiger partial charge in [0.25, 0.3) is 5.91 Å². The lowest BCUT2D eigenvalue weighted by Gasteiger charge is -2.15. The van der Waals surface area contributed by atoms with Crippen molar-refractivity contribution in [1.29, 1.82) is 0 Å². The molecule has 1 rings (SSSR count). The summed E-state index contributed by atoms with van der Waals surface area (Å²) >= 11 is 0. The number of anilines is 1. The summed E-state index contributed by atoms with van der Waals surface area (Å²) in [6, 6.07) is 3.00. The van der Waals surface area contributed by atoms with Crippen molar-refractivity contribution in [3.8, 4) is 11.5 Å². The number of nitrogen functional groups attached to an aromatic ring is 1. The van der Waals surface area contributed by atoms with E-state index in [0.29, 0.717) is 18.0 Å². The van der Waals surface area contributed by atoms with Crippen molar-refractivity contribution < 1.29 is 23.8 Å². The highest BCUT2D eigenvalue weighted by molar-refractivity contribution is 5.98. The number of nitrogens with two attached hydrogens (primary N) is 1. The molecule has 0 saturated carbocycles. The molecule has 0 saturated heterocycles. The van der Waals surface area contributed by atoms with E-state index in [1.165, 1.54) is 25.2 Å². The predicted octanol–water partition coefficient (Wildman–Crippen LogP) is 0.921. The minimum atomic E-state index is -0.706. The van der Waals surface area contributed by atoms with Gasteiger partial charge in [0.2, 0.25) is 0 Å². The standard InChI is InChI=1S/C14H20N2O5/c1-5-16(2)12(17)8-21-14(18)10-6-9(19-3)7-11(20-4)13(10)15/h6-7H,5,8,15H2,1-4H3. The van der Waals surface area contributed by atoms with Gasteiger partial charge in [-0.3, -0.25) is 4.79 Å². The largest absolute Gasteiger partial charge is 0.497 e. The van der Waals surface area contributed by atoms with Gasteiger partial charge in [0, 0.05) is 19.7 Å². The van der Waals surface area contributed by atoms with Gasteiger partial charge in [-0.05, 0) is 13.0 Å². The van der Waals surface area contributed by atoms with Crippen LogP contribution in [0.4, 0.5) is 5.69 Å². The van der Waals surface area contributed by atoms with Crippen molar-refractivity contribution in [3.05, 3.63) is 17.7 Å². The van der Waals surface area contributed by atoms with Crippen LogP contribution in [0.2, 0.25) is 0 Å². The number of methoxy groups -OCH3 is 2. The smallest absolute Gasteiger partial charge is 0.341 e. The summed E-state index contributed by atoms with van der Waals surface area (Å²) in [5.41, 5.74) is 6.07. The Morgan fingerprint density at radius 2 is 1.90 bits per heavy atom. The number of hydrogen-bond acceptors (Lipinski definition) is 6. The van der Waals surface area contributed by atoms with E-state index in [4.69, 9.17) is 19.9 Å². The van der Waals surface area contributed by atoms with Gasteiger partial charge >= 0.3 is 5.97 Å². The fourth-order valence-electron chi connectivity index (χ4n) is 1.55. The lowest BCUT2D eigenvalue weighted by Crippen LogP contribution is -2.31. The van der Waals surface area contributed by atoms with E-state index in [0.717, 1.165) is 0 Å². The van der Waals surface area contributed by atoms with Crippen LogP contribution >= 0.6 is 0 Å². The summed E-state index contributed by atoms with van der Waals surface area (Å²) in [5, 5.41) is 0. The summed E-state index contributed by atoms with van der Waals surface area (Å²) in [7, 11) is 4.51. The average Bonchev–Trinajstić information content (AvgIpc) is 2.51. The number of carbonyl (C=O) groups is 2. The third kappa shape index (κ3) is 4.01. The van der Waals surface area contributed by atoms with Gasteiger partial charge in [0.1, 0.15) is 11.5 Å². The molecule has 0 fully saturated rings. The first-order chi connectivity index (χ1) is 9.94. The Labute approximate surface area is 123 Å². The number of amides is 1. The van der Waals surface area contributed by atoms with Crippen LogP contribution in [0.15, 0.2) is 12.1 Å². The maximum atomic E-state index is 12.0. The Bertz CT molecular complexity index is 530. The lowest BCUT2D eigenvalue weighted by molar-refractivity contribution is -0.133. The van der Waals surface area contributed by atoms with Gasteiger partial charge in [-0.15, -0.1) is 0 Å². The molecular weight excluding hydrogens is 276 g/mol. The summed E-state index contributed by atoms with van der Waals surface area (Å²) in [6.07, 6.45) is 0. The Hall–Kier alpha value is -2.44. The van der Waals surface area contributed by atoms with E-state index in [-0.39, 0.29) is 23.8 Å². The second-order valence-electron chi connectivity index (χ2n) is 4.27. The molecule has 0 spiro atoms. The second kappa shape index (κ2) is 7.37. The van der Waals surface area contributed by atoms with Crippen molar-refractivity contribution in [3.63, 3.8) is 0 Å². The molecule has 0 aliphatic carbocycles. The molecule has 0 bridgehead atoms. The van der Waals surface area contributed by atoms with Crippen molar-refractivity contribution in [2.75, 3.05) is 40.2 Å². The van der Waals surface area contributed by atoms with Crippen LogP contribution in [0.3, 0.4) is 0 Å². The molecule has 0 unspecified atom stereocenters. The average molecular weight is 296 g/mol. The number of hydrogen-bond donors (Lipinski definition) is 1.